The molecule has 0 amide bonds. The van der Waals surface area contributed by atoms with Gasteiger partial charge in [-0.15, -0.1) is 0 Å². The Labute approximate surface area is 279 Å². The van der Waals surface area contributed by atoms with Crippen molar-refractivity contribution in [1.29, 1.82) is 0 Å². The number of carboxylic acids is 1. The van der Waals surface area contributed by atoms with Crippen molar-refractivity contribution in [1.82, 2.24) is 4.98 Å². The maximum absolute atomic E-state index is 12.9. The Bertz CT molecular complexity index is 1580. The number of ether oxygens (including phenoxy) is 2. The SMILES string of the molecule is COC(C)(C)c1ccc2c(c1)C1(CCC(Nc3cccc(Cl)c3)(C(=O)O)CC1)C(C[C@@H](C)COc1ccnc3c1[C@H](C)CCC3)C2. The number of halogens is 1. The number of pyridine rings is 1. The van der Waals surface area contributed by atoms with Crippen LogP contribution in [0, 0.1) is 11.8 Å². The van der Waals surface area contributed by atoms with E-state index in [4.69, 9.17) is 21.1 Å². The molecule has 2 N–H and O–H groups in total. The smallest absolute Gasteiger partial charge is 0.329 e. The van der Waals surface area contributed by atoms with Crippen LogP contribution in [-0.4, -0.2) is 35.3 Å². The van der Waals surface area contributed by atoms with Gasteiger partial charge < -0.3 is 19.9 Å². The van der Waals surface area contributed by atoms with Crippen molar-refractivity contribution in [2.75, 3.05) is 19.0 Å². The molecule has 1 fully saturated rings. The number of rotatable bonds is 10. The minimum absolute atomic E-state index is 0.108. The van der Waals surface area contributed by atoms with Crippen LogP contribution in [0.5, 0.6) is 5.75 Å². The van der Waals surface area contributed by atoms with Gasteiger partial charge in [-0.2, -0.15) is 0 Å². The molecule has 246 valence electrons. The molecule has 1 unspecified atom stereocenters. The normalized spacial score (nSPS) is 26.3. The lowest BCUT2D eigenvalue weighted by Crippen LogP contribution is -2.53. The van der Waals surface area contributed by atoms with Crippen molar-refractivity contribution in [3.8, 4) is 5.75 Å². The van der Waals surface area contributed by atoms with E-state index in [-0.39, 0.29) is 5.41 Å². The molecule has 0 radical (unpaired) electrons. The molecule has 3 aliphatic rings. The zero-order chi connectivity index (χ0) is 32.7. The van der Waals surface area contributed by atoms with Crippen molar-refractivity contribution < 1.29 is 19.4 Å². The number of fused-ring (bicyclic) bond motifs is 3. The van der Waals surface area contributed by atoms with E-state index in [9.17, 15) is 9.90 Å². The lowest BCUT2D eigenvalue weighted by Gasteiger charge is -2.47. The van der Waals surface area contributed by atoms with Crippen molar-refractivity contribution in [3.63, 3.8) is 0 Å². The molecule has 6 nitrogen and oxygen atoms in total. The van der Waals surface area contributed by atoms with Crippen molar-refractivity contribution in [3.05, 3.63) is 87.7 Å². The molecule has 46 heavy (non-hydrogen) atoms. The number of benzene rings is 2. The van der Waals surface area contributed by atoms with E-state index in [2.05, 4.69) is 56.2 Å². The molecule has 1 saturated carbocycles. The van der Waals surface area contributed by atoms with Crippen LogP contribution < -0.4 is 10.1 Å². The number of nitrogens with zero attached hydrogens (tertiary/aromatic N) is 1. The fraction of sp³-hybridized carbons (Fsp3) is 0.538. The summed E-state index contributed by atoms with van der Waals surface area (Å²) in [6.07, 6.45) is 9.97. The third kappa shape index (κ3) is 6.15. The first-order valence-corrected chi connectivity index (χ1v) is 17.4. The maximum atomic E-state index is 12.9. The van der Waals surface area contributed by atoms with E-state index in [0.717, 1.165) is 49.1 Å². The van der Waals surface area contributed by atoms with Gasteiger partial charge in [0.1, 0.15) is 11.3 Å². The Balaban J connectivity index is 1.26. The van der Waals surface area contributed by atoms with Crippen LogP contribution in [0.1, 0.15) is 107 Å². The van der Waals surface area contributed by atoms with Gasteiger partial charge in [0.15, 0.2) is 0 Å². The summed E-state index contributed by atoms with van der Waals surface area (Å²) in [5.74, 6) is 1.40. The second kappa shape index (κ2) is 12.8. The molecule has 0 aliphatic heterocycles. The van der Waals surface area contributed by atoms with Crippen LogP contribution in [0.2, 0.25) is 5.02 Å². The number of aryl methyl sites for hydroxylation is 1. The molecule has 1 aromatic heterocycles. The van der Waals surface area contributed by atoms with Crippen LogP contribution in [0.3, 0.4) is 0 Å². The van der Waals surface area contributed by atoms with Gasteiger partial charge in [-0.3, -0.25) is 4.98 Å². The summed E-state index contributed by atoms with van der Waals surface area (Å²) in [6.45, 7) is 9.46. The third-order valence-corrected chi connectivity index (χ3v) is 11.7. The largest absolute Gasteiger partial charge is 0.493 e. The standard InChI is InChI=1S/C39H49ClN2O4/c1-25(24-46-34-14-19-41-33-11-6-8-26(2)35(33)34)20-29-21-27-12-13-28(37(3,4)45-5)22-32(27)38(29)15-17-39(18-16-38,36(43)44)42-31-10-7-9-30(40)23-31/h7,9-10,12-14,19,22-23,25-26,29,42H,6,8,11,15-18,20-21,24H2,1-5H3,(H,43,44)/t25-,26-,29?,38?,39?/m1/s1. The molecule has 0 saturated heterocycles. The first-order chi connectivity index (χ1) is 22.0. The highest BCUT2D eigenvalue weighted by Crippen LogP contribution is 2.56. The maximum Gasteiger partial charge on any atom is 0.329 e. The summed E-state index contributed by atoms with van der Waals surface area (Å²) in [5.41, 5.74) is 5.60. The second-order valence-electron chi connectivity index (χ2n) is 14.8. The topological polar surface area (TPSA) is 80.7 Å². The summed E-state index contributed by atoms with van der Waals surface area (Å²) in [7, 11) is 1.76. The van der Waals surface area contributed by atoms with Gasteiger partial charge >= 0.3 is 5.97 Å². The molecule has 3 atom stereocenters. The van der Waals surface area contributed by atoms with Crippen LogP contribution in [0.15, 0.2) is 54.7 Å². The number of methoxy groups -OCH3 is 1. The van der Waals surface area contributed by atoms with E-state index in [0.29, 0.717) is 42.2 Å². The van der Waals surface area contributed by atoms with Gasteiger partial charge in [-0.1, -0.05) is 49.7 Å². The number of nitrogens with one attached hydrogen (secondary N) is 1. The summed E-state index contributed by atoms with van der Waals surface area (Å²) in [6, 6.07) is 16.3. The van der Waals surface area contributed by atoms with Crippen molar-refractivity contribution in [2.24, 2.45) is 11.8 Å². The molecular formula is C39H49ClN2O4. The van der Waals surface area contributed by atoms with E-state index in [1.165, 1.54) is 35.2 Å². The highest BCUT2D eigenvalue weighted by Gasteiger charge is 2.54. The second-order valence-corrected chi connectivity index (χ2v) is 15.2. The summed E-state index contributed by atoms with van der Waals surface area (Å²) >= 11 is 6.27. The Hall–Kier alpha value is -3.09. The Morgan fingerprint density at radius 1 is 1.15 bits per heavy atom. The van der Waals surface area contributed by atoms with Gasteiger partial charge in [-0.05, 0) is 136 Å². The molecule has 1 heterocycles. The van der Waals surface area contributed by atoms with E-state index in [1.807, 2.05) is 36.5 Å². The monoisotopic (exact) mass is 644 g/mol. The van der Waals surface area contributed by atoms with Crippen LogP contribution in [-0.2, 0) is 33.4 Å². The molecule has 2 aromatic carbocycles. The number of carboxylic acid groups (broad SMARTS) is 1. The average Bonchev–Trinajstić information content (AvgIpc) is 3.32. The Morgan fingerprint density at radius 2 is 1.93 bits per heavy atom. The van der Waals surface area contributed by atoms with Crippen LogP contribution in [0.25, 0.3) is 0 Å². The van der Waals surface area contributed by atoms with E-state index in [1.54, 1.807) is 7.11 Å². The number of aliphatic carboxylic acids is 1. The van der Waals surface area contributed by atoms with Crippen molar-refractivity contribution in [2.45, 2.75) is 108 Å². The van der Waals surface area contributed by atoms with Crippen molar-refractivity contribution >= 4 is 23.3 Å². The highest BCUT2D eigenvalue weighted by molar-refractivity contribution is 6.30. The Morgan fingerprint density at radius 3 is 2.65 bits per heavy atom. The zero-order valence-corrected chi connectivity index (χ0v) is 28.8. The van der Waals surface area contributed by atoms with Gasteiger partial charge in [0.2, 0.25) is 0 Å². The molecule has 0 bridgehead atoms. The molecule has 6 rings (SSSR count). The summed E-state index contributed by atoms with van der Waals surface area (Å²) in [4.78, 5) is 17.6. The molecule has 1 spiro atoms. The predicted molar refractivity (Wildman–Crippen MR) is 184 cm³/mol. The third-order valence-electron chi connectivity index (χ3n) is 11.5. The molecule has 7 heteroatoms. The van der Waals surface area contributed by atoms with Gasteiger partial charge in [0.25, 0.3) is 0 Å². The molecule has 3 aliphatic carbocycles. The highest BCUT2D eigenvalue weighted by atomic mass is 35.5. The first kappa shape index (κ1) is 32.8. The number of carbonyl (C=O) groups is 1. The predicted octanol–water partition coefficient (Wildman–Crippen LogP) is 9.08. The van der Waals surface area contributed by atoms with Gasteiger partial charge in [0.05, 0.1) is 12.2 Å². The van der Waals surface area contributed by atoms with E-state index < -0.39 is 17.1 Å². The minimum Gasteiger partial charge on any atom is -0.493 e. The lowest BCUT2D eigenvalue weighted by atomic mass is 9.59. The van der Waals surface area contributed by atoms with E-state index >= 15 is 0 Å². The molecule has 3 aromatic rings. The number of anilines is 1. The fourth-order valence-corrected chi connectivity index (χ4v) is 8.78. The summed E-state index contributed by atoms with van der Waals surface area (Å²) in [5, 5.41) is 14.6. The minimum atomic E-state index is -1.04. The zero-order valence-electron chi connectivity index (χ0n) is 28.0. The summed E-state index contributed by atoms with van der Waals surface area (Å²) < 4.78 is 12.5. The van der Waals surface area contributed by atoms with Crippen LogP contribution in [0.4, 0.5) is 5.69 Å². The number of hydrogen-bond acceptors (Lipinski definition) is 5. The van der Waals surface area contributed by atoms with Gasteiger partial charge in [-0.25, -0.2) is 4.79 Å². The first-order valence-electron chi connectivity index (χ1n) is 17.0. The quantitative estimate of drug-likeness (QED) is 0.229. The van der Waals surface area contributed by atoms with Gasteiger partial charge in [0, 0.05) is 35.3 Å². The number of hydrogen-bond donors (Lipinski definition) is 2. The fourth-order valence-electron chi connectivity index (χ4n) is 8.59. The number of aromatic nitrogens is 1. The van der Waals surface area contributed by atoms with Crippen LogP contribution >= 0.6 is 11.6 Å². The average molecular weight is 645 g/mol. The Kier molecular flexibility index (Phi) is 9.17. The lowest BCUT2D eigenvalue weighted by molar-refractivity contribution is -0.144. The molecular weight excluding hydrogens is 596 g/mol.